The third kappa shape index (κ3) is 3.47. The highest BCUT2D eigenvalue weighted by molar-refractivity contribution is 8.04. The highest BCUT2D eigenvalue weighted by Crippen LogP contribution is 2.50. The van der Waals surface area contributed by atoms with E-state index in [1.54, 1.807) is 12.1 Å². The lowest BCUT2D eigenvalue weighted by Crippen LogP contribution is -2.22. The third-order valence-electron chi connectivity index (χ3n) is 3.95. The van der Waals surface area contributed by atoms with Crippen LogP contribution >= 0.6 is 35.3 Å². The minimum atomic E-state index is -0.648. The van der Waals surface area contributed by atoms with Gasteiger partial charge in [0.05, 0.1) is 42.7 Å². The Labute approximate surface area is 168 Å². The molecular formula is C17H15NO6S3. The number of hydrogen-bond donors (Lipinski definition) is 2. The first-order valence-corrected chi connectivity index (χ1v) is 9.63. The number of aromatic hydroxyl groups is 1. The highest BCUT2D eigenvalue weighted by atomic mass is 32.2. The molecule has 0 radical (unpaired) electrons. The molecule has 7 nitrogen and oxygen atoms in total. The summed E-state index contributed by atoms with van der Waals surface area (Å²) in [7, 11) is 3.92. The van der Waals surface area contributed by atoms with Crippen LogP contribution in [-0.4, -0.2) is 43.4 Å². The molecule has 2 aromatic rings. The molecule has 27 heavy (non-hydrogen) atoms. The number of esters is 2. The fourth-order valence-electron chi connectivity index (χ4n) is 2.77. The topological polar surface area (TPSA) is 97.9 Å². The van der Waals surface area contributed by atoms with Crippen molar-refractivity contribution in [3.63, 3.8) is 0 Å². The molecule has 1 aliphatic rings. The summed E-state index contributed by atoms with van der Waals surface area (Å²) in [6.07, 6.45) is 0. The summed E-state index contributed by atoms with van der Waals surface area (Å²) in [6, 6.07) is 4.73. The van der Waals surface area contributed by atoms with Crippen LogP contribution in [0.15, 0.2) is 33.7 Å². The van der Waals surface area contributed by atoms with Crippen LogP contribution in [0.3, 0.4) is 0 Å². The monoisotopic (exact) mass is 425 g/mol. The van der Waals surface area contributed by atoms with Crippen molar-refractivity contribution in [2.75, 3.05) is 21.3 Å². The quantitative estimate of drug-likeness (QED) is 0.568. The molecule has 1 aliphatic heterocycles. The van der Waals surface area contributed by atoms with E-state index >= 15 is 0 Å². The second-order valence-electron chi connectivity index (χ2n) is 5.40. The second kappa shape index (κ2) is 7.75. The van der Waals surface area contributed by atoms with Gasteiger partial charge in [-0.1, -0.05) is 17.8 Å². The van der Waals surface area contributed by atoms with Gasteiger partial charge in [-0.25, -0.2) is 9.59 Å². The average molecular weight is 426 g/mol. The zero-order valence-corrected chi connectivity index (χ0v) is 17.0. The number of benzene rings is 1. The number of fused-ring (bicyclic) bond motifs is 1. The molecule has 2 heterocycles. The van der Waals surface area contributed by atoms with E-state index in [2.05, 4.69) is 4.98 Å². The van der Waals surface area contributed by atoms with Crippen molar-refractivity contribution in [3.8, 4) is 11.5 Å². The van der Waals surface area contributed by atoms with E-state index in [1.807, 2.05) is 0 Å². The van der Waals surface area contributed by atoms with Gasteiger partial charge >= 0.3 is 11.9 Å². The first-order chi connectivity index (χ1) is 12.9. The number of nitrogens with one attached hydrogen (secondary N) is 1. The first kappa shape index (κ1) is 19.5. The summed E-state index contributed by atoms with van der Waals surface area (Å²) in [5, 5.41) is 10.6. The molecule has 1 unspecified atom stereocenters. The van der Waals surface area contributed by atoms with Crippen molar-refractivity contribution in [1.29, 1.82) is 0 Å². The van der Waals surface area contributed by atoms with E-state index in [-0.39, 0.29) is 22.0 Å². The Balaban J connectivity index is 2.31. The zero-order chi connectivity index (χ0) is 19.7. The van der Waals surface area contributed by atoms with Crippen molar-refractivity contribution < 1.29 is 28.9 Å². The van der Waals surface area contributed by atoms with Gasteiger partial charge in [0.15, 0.2) is 15.5 Å². The molecule has 1 aromatic heterocycles. The van der Waals surface area contributed by atoms with Crippen LogP contribution in [0.1, 0.15) is 16.4 Å². The summed E-state index contributed by atoms with van der Waals surface area (Å²) in [5.41, 5.74) is 0.790. The molecule has 2 N–H and O–H groups in total. The molecule has 3 rings (SSSR count). The lowest BCUT2D eigenvalue weighted by atomic mass is 9.88. The van der Waals surface area contributed by atoms with Crippen LogP contribution in [-0.2, 0) is 19.1 Å². The number of carbonyl (C=O) groups is 2. The normalized spacial score (nSPS) is 15.9. The zero-order valence-electron chi connectivity index (χ0n) is 14.5. The number of methoxy groups -OCH3 is 3. The first-order valence-electron chi connectivity index (χ1n) is 7.59. The highest BCUT2D eigenvalue weighted by Gasteiger charge is 2.39. The van der Waals surface area contributed by atoms with Gasteiger partial charge in [-0.05, 0) is 29.9 Å². The van der Waals surface area contributed by atoms with Crippen LogP contribution in [0.5, 0.6) is 11.5 Å². The van der Waals surface area contributed by atoms with Crippen molar-refractivity contribution in [2.24, 2.45) is 0 Å². The Morgan fingerprint density at radius 1 is 1.19 bits per heavy atom. The second-order valence-corrected chi connectivity index (χ2v) is 8.14. The average Bonchev–Trinajstić information content (AvgIpc) is 3.05. The molecule has 0 bridgehead atoms. The molecule has 0 spiro atoms. The standard InChI is InChI=1S/C17H15NO6S3/c1-22-9-6-7(4-5-8(9)19)10-11(15(20)23-2)13(16(21)24-3)26-14-12(10)27-17(25)18-14/h4-6,10,19H,1-3H3,(H,18,25). The molecule has 142 valence electrons. The van der Waals surface area contributed by atoms with Gasteiger partial charge in [0.2, 0.25) is 0 Å². The number of rotatable bonds is 4. The maximum atomic E-state index is 12.6. The maximum Gasteiger partial charge on any atom is 0.345 e. The predicted octanol–water partition coefficient (Wildman–Crippen LogP) is 3.36. The molecule has 0 saturated heterocycles. The van der Waals surface area contributed by atoms with Crippen molar-refractivity contribution in [1.82, 2.24) is 4.98 Å². The Kier molecular flexibility index (Phi) is 5.59. The van der Waals surface area contributed by atoms with Crippen LogP contribution in [0.2, 0.25) is 0 Å². The van der Waals surface area contributed by atoms with Gasteiger partial charge in [0, 0.05) is 0 Å². The third-order valence-corrected chi connectivity index (χ3v) is 6.50. The molecule has 1 aromatic carbocycles. The number of thiazole rings is 1. The molecule has 1 atom stereocenters. The van der Waals surface area contributed by atoms with Crippen molar-refractivity contribution in [3.05, 3.63) is 43.1 Å². The fraction of sp³-hybridized carbons (Fsp3) is 0.235. The molecule has 0 saturated carbocycles. The number of aromatic nitrogens is 1. The number of hydrogen-bond acceptors (Lipinski definition) is 9. The van der Waals surface area contributed by atoms with E-state index in [0.717, 1.165) is 16.6 Å². The van der Waals surface area contributed by atoms with Crippen molar-refractivity contribution in [2.45, 2.75) is 10.9 Å². The van der Waals surface area contributed by atoms with Crippen LogP contribution in [0.25, 0.3) is 0 Å². The largest absolute Gasteiger partial charge is 0.504 e. The number of ether oxygens (including phenoxy) is 3. The summed E-state index contributed by atoms with van der Waals surface area (Å²) in [6.45, 7) is 0. The molecule has 10 heteroatoms. The summed E-state index contributed by atoms with van der Waals surface area (Å²) >= 11 is 7.64. The SMILES string of the molecule is COC(=O)C1=C(C(=O)OC)C(c2ccc(O)c(OC)c2)c2sc(=S)[nH]c2S1. The van der Waals surface area contributed by atoms with Crippen LogP contribution in [0.4, 0.5) is 0 Å². The lowest BCUT2D eigenvalue weighted by Gasteiger charge is -2.26. The fourth-order valence-corrected chi connectivity index (χ4v) is 5.44. The van der Waals surface area contributed by atoms with Gasteiger partial charge < -0.3 is 24.3 Å². The van der Waals surface area contributed by atoms with Gasteiger partial charge in [-0.3, -0.25) is 0 Å². The molecule has 0 aliphatic carbocycles. The van der Waals surface area contributed by atoms with Crippen LogP contribution in [0, 0.1) is 3.95 Å². The predicted molar refractivity (Wildman–Crippen MR) is 103 cm³/mol. The van der Waals surface area contributed by atoms with E-state index in [0.29, 0.717) is 14.5 Å². The van der Waals surface area contributed by atoms with E-state index in [4.69, 9.17) is 26.4 Å². The molecule has 0 amide bonds. The Morgan fingerprint density at radius 2 is 1.89 bits per heavy atom. The number of carbonyl (C=O) groups excluding carboxylic acids is 2. The van der Waals surface area contributed by atoms with Gasteiger partial charge in [0.25, 0.3) is 0 Å². The van der Waals surface area contributed by atoms with Crippen molar-refractivity contribution >= 4 is 47.3 Å². The van der Waals surface area contributed by atoms with Gasteiger partial charge in [-0.15, -0.1) is 11.3 Å². The maximum absolute atomic E-state index is 12.6. The van der Waals surface area contributed by atoms with E-state index in [9.17, 15) is 14.7 Å². The van der Waals surface area contributed by atoms with Gasteiger partial charge in [-0.2, -0.15) is 0 Å². The van der Waals surface area contributed by atoms with E-state index < -0.39 is 17.9 Å². The smallest absolute Gasteiger partial charge is 0.345 e. The molecule has 0 fully saturated rings. The Bertz CT molecular complexity index is 1010. The summed E-state index contributed by atoms with van der Waals surface area (Å²) < 4.78 is 15.5. The molecular weight excluding hydrogens is 410 g/mol. The number of phenolic OH excluding ortho intramolecular Hbond substituents is 1. The minimum absolute atomic E-state index is 0.0369. The summed E-state index contributed by atoms with van der Waals surface area (Å²) in [4.78, 5) is 28.9. The minimum Gasteiger partial charge on any atom is -0.504 e. The lowest BCUT2D eigenvalue weighted by molar-refractivity contribution is -0.139. The number of H-pyrrole nitrogens is 1. The van der Waals surface area contributed by atoms with E-state index in [1.165, 1.54) is 38.7 Å². The number of thioether (sulfide) groups is 1. The van der Waals surface area contributed by atoms with Crippen LogP contribution < -0.4 is 4.74 Å². The Hall–Kier alpha value is -2.30. The number of phenols is 1. The van der Waals surface area contributed by atoms with Gasteiger partial charge in [0.1, 0.15) is 4.91 Å². The Morgan fingerprint density at radius 3 is 2.52 bits per heavy atom. The summed E-state index contributed by atoms with van der Waals surface area (Å²) in [5.74, 6) is -1.71. The number of aromatic amines is 1.